The summed E-state index contributed by atoms with van der Waals surface area (Å²) in [6.07, 6.45) is 0.968. The van der Waals surface area contributed by atoms with Gasteiger partial charge in [0.15, 0.2) is 17.5 Å². The van der Waals surface area contributed by atoms with Crippen molar-refractivity contribution in [1.82, 2.24) is 10.6 Å². The average Bonchev–Trinajstić information content (AvgIpc) is 3.28. The number of hydrogen-bond acceptors (Lipinski definition) is 5. The van der Waals surface area contributed by atoms with Crippen LogP contribution in [0.15, 0.2) is 47.5 Å². The summed E-state index contributed by atoms with van der Waals surface area (Å²) in [5.74, 6) is 3.04. The number of ether oxygens (including phenoxy) is 4. The third-order valence-electron chi connectivity index (χ3n) is 5.03. The molecule has 7 heteroatoms. The SMILES string of the molecule is CN=C(NCc1ccc(C)cc1OC1CCOC1)NCC(C)Oc1ccccc1OC. The molecule has 0 amide bonds. The van der Waals surface area contributed by atoms with E-state index in [1.165, 1.54) is 5.56 Å². The molecular weight excluding hydrogens is 394 g/mol. The number of nitrogens with zero attached hydrogens (tertiary/aromatic N) is 1. The van der Waals surface area contributed by atoms with Crippen molar-refractivity contribution in [3.8, 4) is 17.2 Å². The van der Waals surface area contributed by atoms with E-state index in [0.717, 1.165) is 35.8 Å². The van der Waals surface area contributed by atoms with Gasteiger partial charge in [-0.05, 0) is 37.6 Å². The van der Waals surface area contributed by atoms with Crippen LogP contribution in [0, 0.1) is 6.92 Å². The van der Waals surface area contributed by atoms with Gasteiger partial charge >= 0.3 is 0 Å². The van der Waals surface area contributed by atoms with E-state index >= 15 is 0 Å². The molecule has 1 fully saturated rings. The minimum absolute atomic E-state index is 0.0736. The Morgan fingerprint density at radius 1 is 1.16 bits per heavy atom. The number of guanidine groups is 1. The van der Waals surface area contributed by atoms with Gasteiger partial charge < -0.3 is 29.6 Å². The Hall–Kier alpha value is -2.93. The summed E-state index contributed by atoms with van der Waals surface area (Å²) in [6, 6.07) is 13.9. The number of para-hydroxylation sites is 2. The fraction of sp³-hybridized carbons (Fsp3) is 0.458. The highest BCUT2D eigenvalue weighted by Crippen LogP contribution is 2.26. The number of nitrogens with one attached hydrogen (secondary N) is 2. The molecule has 2 atom stereocenters. The molecule has 168 valence electrons. The van der Waals surface area contributed by atoms with Crippen molar-refractivity contribution in [3.05, 3.63) is 53.6 Å². The van der Waals surface area contributed by atoms with Crippen LogP contribution >= 0.6 is 0 Å². The number of hydrogen-bond donors (Lipinski definition) is 2. The summed E-state index contributed by atoms with van der Waals surface area (Å²) in [4.78, 5) is 4.32. The van der Waals surface area contributed by atoms with Gasteiger partial charge in [0.05, 0.1) is 26.9 Å². The zero-order chi connectivity index (χ0) is 22.1. The van der Waals surface area contributed by atoms with Crippen LogP contribution in [0.1, 0.15) is 24.5 Å². The molecule has 1 saturated heterocycles. The maximum Gasteiger partial charge on any atom is 0.191 e. The van der Waals surface area contributed by atoms with Crippen LogP contribution in [-0.4, -0.2) is 52.1 Å². The Morgan fingerprint density at radius 3 is 2.68 bits per heavy atom. The second-order valence-electron chi connectivity index (χ2n) is 7.60. The number of rotatable bonds is 9. The van der Waals surface area contributed by atoms with E-state index in [1.54, 1.807) is 14.2 Å². The van der Waals surface area contributed by atoms with E-state index in [0.29, 0.717) is 25.7 Å². The van der Waals surface area contributed by atoms with E-state index in [-0.39, 0.29) is 12.2 Å². The molecule has 0 saturated carbocycles. The van der Waals surface area contributed by atoms with Gasteiger partial charge in [0.25, 0.3) is 0 Å². The van der Waals surface area contributed by atoms with Gasteiger partial charge in [-0.1, -0.05) is 24.3 Å². The van der Waals surface area contributed by atoms with E-state index in [2.05, 4.69) is 40.7 Å². The van der Waals surface area contributed by atoms with E-state index < -0.39 is 0 Å². The first kappa shape index (κ1) is 22.7. The second kappa shape index (κ2) is 11.5. The van der Waals surface area contributed by atoms with Gasteiger partial charge in [0, 0.05) is 25.6 Å². The largest absolute Gasteiger partial charge is 0.493 e. The topological polar surface area (TPSA) is 73.3 Å². The van der Waals surface area contributed by atoms with Crippen LogP contribution in [0.3, 0.4) is 0 Å². The van der Waals surface area contributed by atoms with Gasteiger partial charge in [0.1, 0.15) is 18.0 Å². The van der Waals surface area contributed by atoms with Crippen LogP contribution in [0.4, 0.5) is 0 Å². The van der Waals surface area contributed by atoms with Crippen molar-refractivity contribution in [2.75, 3.05) is 33.9 Å². The highest BCUT2D eigenvalue weighted by molar-refractivity contribution is 5.79. The second-order valence-corrected chi connectivity index (χ2v) is 7.60. The van der Waals surface area contributed by atoms with Crippen molar-refractivity contribution in [2.24, 2.45) is 4.99 Å². The van der Waals surface area contributed by atoms with Crippen molar-refractivity contribution in [3.63, 3.8) is 0 Å². The molecule has 1 heterocycles. The molecule has 0 bridgehead atoms. The number of benzene rings is 2. The van der Waals surface area contributed by atoms with Crippen molar-refractivity contribution >= 4 is 5.96 Å². The predicted octanol–water partition coefficient (Wildman–Crippen LogP) is 3.30. The lowest BCUT2D eigenvalue weighted by Gasteiger charge is -2.20. The predicted molar refractivity (Wildman–Crippen MR) is 122 cm³/mol. The molecule has 1 aliphatic rings. The molecule has 3 rings (SSSR count). The molecule has 2 unspecified atom stereocenters. The summed E-state index contributed by atoms with van der Waals surface area (Å²) >= 11 is 0. The summed E-state index contributed by atoms with van der Waals surface area (Å²) in [5.41, 5.74) is 2.25. The monoisotopic (exact) mass is 427 g/mol. The maximum absolute atomic E-state index is 6.18. The Labute approximate surface area is 184 Å². The normalized spacial score (nSPS) is 17.2. The number of aryl methyl sites for hydroxylation is 1. The lowest BCUT2D eigenvalue weighted by atomic mass is 10.1. The third kappa shape index (κ3) is 6.79. The Kier molecular flexibility index (Phi) is 8.41. The minimum Gasteiger partial charge on any atom is -0.493 e. The summed E-state index contributed by atoms with van der Waals surface area (Å²) in [7, 11) is 3.39. The zero-order valence-electron chi connectivity index (χ0n) is 18.8. The molecule has 2 N–H and O–H groups in total. The highest BCUT2D eigenvalue weighted by Gasteiger charge is 2.19. The summed E-state index contributed by atoms with van der Waals surface area (Å²) in [6.45, 7) is 6.67. The van der Waals surface area contributed by atoms with Crippen LogP contribution < -0.4 is 24.8 Å². The quantitative estimate of drug-likeness (QED) is 0.473. The molecule has 1 aliphatic heterocycles. The minimum atomic E-state index is -0.0736. The smallest absolute Gasteiger partial charge is 0.191 e. The first-order valence-electron chi connectivity index (χ1n) is 10.7. The van der Waals surface area contributed by atoms with Gasteiger partial charge in [-0.3, -0.25) is 4.99 Å². The van der Waals surface area contributed by atoms with Crippen LogP contribution in [-0.2, 0) is 11.3 Å². The molecule has 31 heavy (non-hydrogen) atoms. The van der Waals surface area contributed by atoms with Crippen LogP contribution in [0.25, 0.3) is 0 Å². The number of aliphatic imine (C=N–C) groups is 1. The first-order valence-corrected chi connectivity index (χ1v) is 10.7. The lowest BCUT2D eigenvalue weighted by molar-refractivity contribution is 0.140. The van der Waals surface area contributed by atoms with Gasteiger partial charge in [-0.25, -0.2) is 0 Å². The molecule has 0 aromatic heterocycles. The fourth-order valence-electron chi connectivity index (χ4n) is 3.32. The van der Waals surface area contributed by atoms with E-state index in [9.17, 15) is 0 Å². The van der Waals surface area contributed by atoms with E-state index in [1.807, 2.05) is 31.2 Å². The standard InChI is InChI=1S/C24H33N3O4/c1-17-9-10-19(23(13-17)31-20-11-12-29-16-20)15-27-24(25-3)26-14-18(2)30-22-8-6-5-7-21(22)28-4/h5-10,13,18,20H,11-12,14-16H2,1-4H3,(H2,25,26,27). The highest BCUT2D eigenvalue weighted by atomic mass is 16.5. The zero-order valence-corrected chi connectivity index (χ0v) is 18.8. The summed E-state index contributed by atoms with van der Waals surface area (Å²) < 4.78 is 23.0. The molecule has 0 aliphatic carbocycles. The maximum atomic E-state index is 6.18. The number of methoxy groups -OCH3 is 1. The molecular formula is C24H33N3O4. The average molecular weight is 428 g/mol. The molecule has 0 radical (unpaired) electrons. The Bertz CT molecular complexity index is 866. The Balaban J connectivity index is 1.52. The van der Waals surface area contributed by atoms with E-state index in [4.69, 9.17) is 18.9 Å². The van der Waals surface area contributed by atoms with Crippen molar-refractivity contribution in [1.29, 1.82) is 0 Å². The van der Waals surface area contributed by atoms with Crippen molar-refractivity contribution < 1.29 is 18.9 Å². The summed E-state index contributed by atoms with van der Waals surface area (Å²) in [5, 5.41) is 6.67. The molecule has 0 spiro atoms. The van der Waals surface area contributed by atoms with Gasteiger partial charge in [-0.15, -0.1) is 0 Å². The molecule has 2 aromatic carbocycles. The lowest BCUT2D eigenvalue weighted by Crippen LogP contribution is -2.41. The molecule has 7 nitrogen and oxygen atoms in total. The fourth-order valence-corrected chi connectivity index (χ4v) is 3.32. The Morgan fingerprint density at radius 2 is 1.97 bits per heavy atom. The van der Waals surface area contributed by atoms with Crippen LogP contribution in [0.5, 0.6) is 17.2 Å². The molecule has 2 aromatic rings. The third-order valence-corrected chi connectivity index (χ3v) is 5.03. The van der Waals surface area contributed by atoms with Gasteiger partial charge in [0.2, 0.25) is 0 Å². The first-order chi connectivity index (χ1) is 15.1. The van der Waals surface area contributed by atoms with Gasteiger partial charge in [-0.2, -0.15) is 0 Å². The van der Waals surface area contributed by atoms with Crippen LogP contribution in [0.2, 0.25) is 0 Å². The van der Waals surface area contributed by atoms with Crippen molar-refractivity contribution in [2.45, 2.75) is 39.0 Å².